The van der Waals surface area contributed by atoms with Crippen LogP contribution in [0.3, 0.4) is 0 Å². The third-order valence-corrected chi connectivity index (χ3v) is 2.91. The van der Waals surface area contributed by atoms with Gasteiger partial charge in [-0.25, -0.2) is 0 Å². The van der Waals surface area contributed by atoms with E-state index >= 15 is 0 Å². The molecule has 0 atom stereocenters. The van der Waals surface area contributed by atoms with Crippen molar-refractivity contribution in [1.82, 2.24) is 5.32 Å². The third-order valence-electron chi connectivity index (χ3n) is 2.91. The van der Waals surface area contributed by atoms with Crippen LogP contribution in [0.25, 0.3) is 0 Å². The average Bonchev–Trinajstić information content (AvgIpc) is 3.03. The molecule has 0 amide bonds. The topological polar surface area (TPSA) is 79.9 Å². The van der Waals surface area contributed by atoms with E-state index < -0.39 is 0 Å². The van der Waals surface area contributed by atoms with E-state index in [1.165, 1.54) is 0 Å². The van der Waals surface area contributed by atoms with Gasteiger partial charge in [-0.15, -0.1) is 0 Å². The monoisotopic (exact) mass is 241 g/mol. The smallest absolute Gasteiger partial charge is 0.139 e. The van der Waals surface area contributed by atoms with E-state index in [-0.39, 0.29) is 5.41 Å². The van der Waals surface area contributed by atoms with Crippen LogP contribution >= 0.6 is 0 Å². The lowest BCUT2D eigenvalue weighted by molar-refractivity contribution is 0.156. The zero-order chi connectivity index (χ0) is 12.7. The van der Waals surface area contributed by atoms with Crippen molar-refractivity contribution >= 4 is 5.84 Å². The van der Waals surface area contributed by atoms with Crippen LogP contribution in [0.15, 0.2) is 17.3 Å². The minimum atomic E-state index is 0.213. The molecule has 0 unspecified atom stereocenters. The summed E-state index contributed by atoms with van der Waals surface area (Å²) in [4.78, 5) is 0. The third kappa shape index (κ3) is 5.70. The molecule has 0 radical (unpaired) electrons. The standard InChI is InChI=1S/C12H23N3O2/c1-10(2)8-17-6-5-14-9-12(3-4-12)7-11(13)15-16/h14,16H,1,3-9H2,2H3,(H2,13,15). The molecule has 0 aromatic rings. The van der Waals surface area contributed by atoms with Crippen molar-refractivity contribution < 1.29 is 9.94 Å². The summed E-state index contributed by atoms with van der Waals surface area (Å²) in [5.74, 6) is 0.322. The van der Waals surface area contributed by atoms with Crippen LogP contribution in [0.5, 0.6) is 0 Å². The molecule has 0 saturated heterocycles. The average molecular weight is 241 g/mol. The molecule has 98 valence electrons. The number of ether oxygens (including phenoxy) is 1. The van der Waals surface area contributed by atoms with E-state index in [0.717, 1.165) is 31.5 Å². The Balaban J connectivity index is 2.04. The van der Waals surface area contributed by atoms with Crippen LogP contribution in [0, 0.1) is 5.41 Å². The van der Waals surface area contributed by atoms with Gasteiger partial charge < -0.3 is 21.0 Å². The second-order valence-corrected chi connectivity index (χ2v) is 4.95. The Morgan fingerprint density at radius 2 is 2.29 bits per heavy atom. The molecule has 1 rings (SSSR count). The highest BCUT2D eigenvalue weighted by Crippen LogP contribution is 2.48. The highest BCUT2D eigenvalue weighted by molar-refractivity contribution is 5.80. The Morgan fingerprint density at radius 1 is 1.59 bits per heavy atom. The van der Waals surface area contributed by atoms with Crippen LogP contribution in [-0.4, -0.2) is 37.3 Å². The van der Waals surface area contributed by atoms with E-state index in [1.807, 2.05) is 6.92 Å². The molecule has 1 aliphatic rings. The molecular formula is C12H23N3O2. The molecule has 0 aromatic heterocycles. The summed E-state index contributed by atoms with van der Waals surface area (Å²) >= 11 is 0. The van der Waals surface area contributed by atoms with Crippen LogP contribution < -0.4 is 11.1 Å². The summed E-state index contributed by atoms with van der Waals surface area (Å²) in [7, 11) is 0. The van der Waals surface area contributed by atoms with E-state index in [1.54, 1.807) is 0 Å². The Hall–Kier alpha value is -1.07. The quantitative estimate of drug-likeness (QED) is 0.141. The van der Waals surface area contributed by atoms with Gasteiger partial charge in [0.1, 0.15) is 5.84 Å². The maximum absolute atomic E-state index is 8.53. The highest BCUT2D eigenvalue weighted by atomic mass is 16.5. The maximum atomic E-state index is 8.53. The van der Waals surface area contributed by atoms with Crippen LogP contribution in [-0.2, 0) is 4.74 Å². The predicted molar refractivity (Wildman–Crippen MR) is 68.2 cm³/mol. The molecule has 17 heavy (non-hydrogen) atoms. The molecule has 0 bridgehead atoms. The van der Waals surface area contributed by atoms with Gasteiger partial charge in [0, 0.05) is 19.5 Å². The van der Waals surface area contributed by atoms with E-state index in [4.69, 9.17) is 15.7 Å². The molecule has 1 saturated carbocycles. The fourth-order valence-electron chi connectivity index (χ4n) is 1.76. The number of rotatable bonds is 9. The van der Waals surface area contributed by atoms with Gasteiger partial charge in [0.2, 0.25) is 0 Å². The Morgan fingerprint density at radius 3 is 2.82 bits per heavy atom. The number of hydrogen-bond donors (Lipinski definition) is 3. The number of nitrogens with one attached hydrogen (secondary N) is 1. The lowest BCUT2D eigenvalue weighted by Crippen LogP contribution is -2.30. The molecular weight excluding hydrogens is 218 g/mol. The first-order valence-electron chi connectivity index (χ1n) is 5.97. The van der Waals surface area contributed by atoms with Crippen LogP contribution in [0.2, 0.25) is 0 Å². The highest BCUT2D eigenvalue weighted by Gasteiger charge is 2.42. The second kappa shape index (κ2) is 6.61. The lowest BCUT2D eigenvalue weighted by atomic mass is 10.0. The van der Waals surface area contributed by atoms with Crippen molar-refractivity contribution in [2.75, 3.05) is 26.3 Å². The van der Waals surface area contributed by atoms with Crippen LogP contribution in [0.4, 0.5) is 0 Å². The lowest BCUT2D eigenvalue weighted by Gasteiger charge is -2.15. The number of oxime groups is 1. The van der Waals surface area contributed by atoms with Crippen molar-refractivity contribution in [3.63, 3.8) is 0 Å². The van der Waals surface area contributed by atoms with E-state index in [2.05, 4.69) is 17.1 Å². The summed E-state index contributed by atoms with van der Waals surface area (Å²) in [6, 6.07) is 0. The summed E-state index contributed by atoms with van der Waals surface area (Å²) in [6.45, 7) is 8.75. The van der Waals surface area contributed by atoms with Gasteiger partial charge in [-0.05, 0) is 25.2 Å². The minimum absolute atomic E-state index is 0.213. The fraction of sp³-hybridized carbons (Fsp3) is 0.750. The molecule has 4 N–H and O–H groups in total. The molecule has 1 fully saturated rings. The maximum Gasteiger partial charge on any atom is 0.139 e. The van der Waals surface area contributed by atoms with Gasteiger partial charge in [0.25, 0.3) is 0 Å². The fourth-order valence-corrected chi connectivity index (χ4v) is 1.76. The molecule has 0 aromatic carbocycles. The summed E-state index contributed by atoms with van der Waals surface area (Å²) < 4.78 is 5.38. The van der Waals surface area contributed by atoms with E-state index in [9.17, 15) is 0 Å². The molecule has 1 aliphatic carbocycles. The van der Waals surface area contributed by atoms with Gasteiger partial charge in [0.05, 0.1) is 13.2 Å². The van der Waals surface area contributed by atoms with Gasteiger partial charge in [-0.1, -0.05) is 17.3 Å². The van der Waals surface area contributed by atoms with Crippen molar-refractivity contribution in [2.45, 2.75) is 26.2 Å². The first kappa shape index (κ1) is 14.0. The van der Waals surface area contributed by atoms with Crippen molar-refractivity contribution in [1.29, 1.82) is 0 Å². The van der Waals surface area contributed by atoms with Gasteiger partial charge in [-0.2, -0.15) is 0 Å². The normalized spacial score (nSPS) is 18.1. The second-order valence-electron chi connectivity index (χ2n) is 4.95. The zero-order valence-corrected chi connectivity index (χ0v) is 10.5. The van der Waals surface area contributed by atoms with Gasteiger partial charge >= 0.3 is 0 Å². The molecule has 5 nitrogen and oxygen atoms in total. The van der Waals surface area contributed by atoms with Crippen molar-refractivity contribution in [2.24, 2.45) is 16.3 Å². The molecule has 5 heteroatoms. The number of hydrogen-bond acceptors (Lipinski definition) is 4. The Labute approximate surface area is 103 Å². The van der Waals surface area contributed by atoms with E-state index in [0.29, 0.717) is 25.5 Å². The summed E-state index contributed by atoms with van der Waals surface area (Å²) in [5.41, 5.74) is 6.77. The Bertz CT molecular complexity index is 285. The molecule has 0 spiro atoms. The van der Waals surface area contributed by atoms with Gasteiger partial charge in [0.15, 0.2) is 0 Å². The predicted octanol–water partition coefficient (Wildman–Crippen LogP) is 1.09. The zero-order valence-electron chi connectivity index (χ0n) is 10.5. The Kier molecular flexibility index (Phi) is 5.44. The molecule has 0 aliphatic heterocycles. The minimum Gasteiger partial charge on any atom is -0.409 e. The summed E-state index contributed by atoms with van der Waals surface area (Å²) in [5, 5.41) is 14.9. The first-order valence-corrected chi connectivity index (χ1v) is 5.97. The van der Waals surface area contributed by atoms with Crippen molar-refractivity contribution in [3.8, 4) is 0 Å². The largest absolute Gasteiger partial charge is 0.409 e. The number of nitrogens with zero attached hydrogens (tertiary/aromatic N) is 1. The van der Waals surface area contributed by atoms with Gasteiger partial charge in [-0.3, -0.25) is 0 Å². The number of nitrogens with two attached hydrogens (primary N) is 1. The number of amidine groups is 1. The van der Waals surface area contributed by atoms with Crippen LogP contribution in [0.1, 0.15) is 26.2 Å². The SMILES string of the molecule is C=C(C)COCCNCC1(CC(N)=NO)CC1. The molecule has 0 heterocycles. The van der Waals surface area contributed by atoms with Crippen molar-refractivity contribution in [3.05, 3.63) is 12.2 Å². The first-order chi connectivity index (χ1) is 8.08. The summed E-state index contributed by atoms with van der Waals surface area (Å²) in [6.07, 6.45) is 2.95.